The lowest BCUT2D eigenvalue weighted by Gasteiger charge is -2.08. The molecule has 4 nitrogen and oxygen atoms in total. The van der Waals surface area contributed by atoms with E-state index in [9.17, 15) is 0 Å². The van der Waals surface area contributed by atoms with Gasteiger partial charge in [0.05, 0.1) is 17.6 Å². The monoisotopic (exact) mass is 217 g/mol. The summed E-state index contributed by atoms with van der Waals surface area (Å²) in [6.45, 7) is 6.55. The number of anilines is 1. The zero-order valence-electron chi connectivity index (χ0n) is 9.50. The smallest absolute Gasteiger partial charge is 0.198 e. The summed E-state index contributed by atoms with van der Waals surface area (Å²) in [6.07, 6.45) is 0. The molecule has 1 aromatic carbocycles. The van der Waals surface area contributed by atoms with Crippen molar-refractivity contribution in [2.24, 2.45) is 0 Å². The molecule has 1 aromatic heterocycles. The van der Waals surface area contributed by atoms with Crippen molar-refractivity contribution in [3.63, 3.8) is 0 Å². The van der Waals surface area contributed by atoms with Crippen molar-refractivity contribution < 1.29 is 4.74 Å². The molecular formula is C12H15N3O. The van der Waals surface area contributed by atoms with Gasteiger partial charge < -0.3 is 15.5 Å². The molecule has 0 amide bonds. The number of aromatic nitrogens is 2. The number of hydrogen-bond acceptors (Lipinski definition) is 3. The first-order valence-electron chi connectivity index (χ1n) is 5.04. The van der Waals surface area contributed by atoms with Crippen LogP contribution >= 0.6 is 0 Å². The maximum Gasteiger partial charge on any atom is 0.198 e. The van der Waals surface area contributed by atoms with Crippen LogP contribution in [0.1, 0.15) is 11.1 Å². The standard InChI is InChI=1S/C12H15N3O/c1-7-4-10-11(15-12(13)14-10)5-9(7)8(2)6-16-3/h4-5H,2,6H2,1,3H3,(H3,13,14,15). The predicted molar refractivity (Wildman–Crippen MR) is 66.2 cm³/mol. The summed E-state index contributed by atoms with van der Waals surface area (Å²) in [6, 6.07) is 4.01. The number of aryl methyl sites for hydroxylation is 1. The maximum atomic E-state index is 5.61. The van der Waals surface area contributed by atoms with Gasteiger partial charge in [0.15, 0.2) is 5.95 Å². The number of fused-ring (bicyclic) bond motifs is 1. The van der Waals surface area contributed by atoms with Crippen LogP contribution in [0.3, 0.4) is 0 Å². The lowest BCUT2D eigenvalue weighted by atomic mass is 10.0. The van der Waals surface area contributed by atoms with Crippen LogP contribution < -0.4 is 5.73 Å². The minimum atomic E-state index is 0.434. The molecule has 0 bridgehead atoms. The fourth-order valence-corrected chi connectivity index (χ4v) is 1.82. The van der Waals surface area contributed by atoms with E-state index in [2.05, 4.69) is 16.5 Å². The van der Waals surface area contributed by atoms with Crippen LogP contribution in [0.4, 0.5) is 5.95 Å². The Morgan fingerprint density at radius 3 is 3.00 bits per heavy atom. The van der Waals surface area contributed by atoms with Gasteiger partial charge in [-0.1, -0.05) is 6.58 Å². The highest BCUT2D eigenvalue weighted by Crippen LogP contribution is 2.23. The third kappa shape index (κ3) is 1.79. The quantitative estimate of drug-likeness (QED) is 0.827. The Labute approximate surface area is 94.1 Å². The second-order valence-electron chi connectivity index (χ2n) is 3.84. The van der Waals surface area contributed by atoms with Crippen molar-refractivity contribution in [3.05, 3.63) is 29.8 Å². The molecule has 0 aliphatic rings. The summed E-state index contributed by atoms with van der Waals surface area (Å²) in [5.74, 6) is 0.434. The third-order valence-electron chi connectivity index (χ3n) is 2.55. The van der Waals surface area contributed by atoms with E-state index in [1.54, 1.807) is 7.11 Å². The second-order valence-corrected chi connectivity index (χ2v) is 3.84. The first kappa shape index (κ1) is 10.7. The van der Waals surface area contributed by atoms with Gasteiger partial charge >= 0.3 is 0 Å². The van der Waals surface area contributed by atoms with Crippen molar-refractivity contribution in [3.8, 4) is 0 Å². The Balaban J connectivity index is 2.53. The minimum absolute atomic E-state index is 0.434. The Kier molecular flexibility index (Phi) is 2.66. The molecule has 16 heavy (non-hydrogen) atoms. The number of nitrogens with zero attached hydrogens (tertiary/aromatic N) is 1. The molecule has 0 saturated heterocycles. The van der Waals surface area contributed by atoms with E-state index >= 15 is 0 Å². The zero-order chi connectivity index (χ0) is 11.7. The first-order chi connectivity index (χ1) is 7.61. The maximum absolute atomic E-state index is 5.61. The number of H-pyrrole nitrogens is 1. The molecule has 3 N–H and O–H groups in total. The molecule has 0 saturated carbocycles. The largest absolute Gasteiger partial charge is 0.380 e. The summed E-state index contributed by atoms with van der Waals surface area (Å²) in [5, 5.41) is 0. The molecule has 0 unspecified atom stereocenters. The van der Waals surface area contributed by atoms with E-state index in [0.29, 0.717) is 12.6 Å². The van der Waals surface area contributed by atoms with Crippen molar-refractivity contribution in [2.75, 3.05) is 19.5 Å². The summed E-state index contributed by atoms with van der Waals surface area (Å²) in [7, 11) is 1.66. The van der Waals surface area contributed by atoms with Gasteiger partial charge in [-0.05, 0) is 35.8 Å². The van der Waals surface area contributed by atoms with Gasteiger partial charge in [0.2, 0.25) is 0 Å². The topological polar surface area (TPSA) is 63.9 Å². The van der Waals surface area contributed by atoms with E-state index in [4.69, 9.17) is 10.5 Å². The predicted octanol–water partition coefficient (Wildman–Crippen LogP) is 2.11. The number of rotatable bonds is 3. The van der Waals surface area contributed by atoms with Crippen molar-refractivity contribution in [1.82, 2.24) is 9.97 Å². The summed E-state index contributed by atoms with van der Waals surface area (Å²) < 4.78 is 5.08. The van der Waals surface area contributed by atoms with Crippen LogP contribution in [0.25, 0.3) is 16.6 Å². The van der Waals surface area contributed by atoms with Gasteiger partial charge in [0, 0.05) is 7.11 Å². The molecule has 0 aliphatic heterocycles. The SMILES string of the molecule is C=C(COC)c1cc2nc(N)[nH]c2cc1C. The number of imidazole rings is 1. The minimum Gasteiger partial charge on any atom is -0.380 e. The van der Waals surface area contributed by atoms with Crippen LogP contribution in [0.5, 0.6) is 0 Å². The molecule has 84 valence electrons. The lowest BCUT2D eigenvalue weighted by Crippen LogP contribution is -1.95. The number of nitrogen functional groups attached to an aromatic ring is 1. The molecule has 0 radical (unpaired) electrons. The van der Waals surface area contributed by atoms with Crippen molar-refractivity contribution >= 4 is 22.6 Å². The zero-order valence-corrected chi connectivity index (χ0v) is 9.50. The van der Waals surface area contributed by atoms with Crippen LogP contribution in [0, 0.1) is 6.92 Å². The summed E-state index contributed by atoms with van der Waals surface area (Å²) in [4.78, 5) is 7.20. The summed E-state index contributed by atoms with van der Waals surface area (Å²) >= 11 is 0. The molecule has 2 rings (SSSR count). The normalized spacial score (nSPS) is 10.9. The van der Waals surface area contributed by atoms with Crippen LogP contribution in [0.15, 0.2) is 18.7 Å². The van der Waals surface area contributed by atoms with Gasteiger partial charge in [-0.25, -0.2) is 4.98 Å². The number of nitrogens with two attached hydrogens (primary N) is 1. The molecular weight excluding hydrogens is 202 g/mol. The van der Waals surface area contributed by atoms with Crippen LogP contribution in [-0.2, 0) is 4.74 Å². The highest BCUT2D eigenvalue weighted by molar-refractivity contribution is 5.83. The average Bonchev–Trinajstić information content (AvgIpc) is 2.56. The third-order valence-corrected chi connectivity index (χ3v) is 2.55. The van der Waals surface area contributed by atoms with E-state index in [1.807, 2.05) is 19.1 Å². The fraction of sp³-hybridized carbons (Fsp3) is 0.250. The Morgan fingerprint density at radius 2 is 2.31 bits per heavy atom. The van der Waals surface area contributed by atoms with Crippen LogP contribution in [-0.4, -0.2) is 23.7 Å². The fourth-order valence-electron chi connectivity index (χ4n) is 1.82. The highest BCUT2D eigenvalue weighted by Gasteiger charge is 2.07. The van der Waals surface area contributed by atoms with Gasteiger partial charge in [-0.15, -0.1) is 0 Å². The molecule has 1 heterocycles. The average molecular weight is 217 g/mol. The van der Waals surface area contributed by atoms with E-state index in [0.717, 1.165) is 27.7 Å². The van der Waals surface area contributed by atoms with Crippen molar-refractivity contribution in [2.45, 2.75) is 6.92 Å². The number of benzene rings is 1. The van der Waals surface area contributed by atoms with Gasteiger partial charge in [-0.2, -0.15) is 0 Å². The van der Waals surface area contributed by atoms with Gasteiger partial charge in [0.25, 0.3) is 0 Å². The van der Waals surface area contributed by atoms with Crippen LogP contribution in [0.2, 0.25) is 0 Å². The lowest BCUT2D eigenvalue weighted by molar-refractivity contribution is 0.240. The highest BCUT2D eigenvalue weighted by atomic mass is 16.5. The molecule has 0 fully saturated rings. The molecule has 0 atom stereocenters. The number of hydrogen-bond donors (Lipinski definition) is 2. The molecule has 4 heteroatoms. The second kappa shape index (κ2) is 3.98. The number of methoxy groups -OCH3 is 1. The van der Waals surface area contributed by atoms with Gasteiger partial charge in [0.1, 0.15) is 0 Å². The van der Waals surface area contributed by atoms with Gasteiger partial charge in [-0.3, -0.25) is 0 Å². The molecule has 0 spiro atoms. The Morgan fingerprint density at radius 1 is 1.56 bits per heavy atom. The number of ether oxygens (including phenoxy) is 1. The van der Waals surface area contributed by atoms with Crippen molar-refractivity contribution in [1.29, 1.82) is 0 Å². The van der Waals surface area contributed by atoms with E-state index in [-0.39, 0.29) is 0 Å². The first-order valence-corrected chi connectivity index (χ1v) is 5.04. The van der Waals surface area contributed by atoms with E-state index in [1.165, 1.54) is 0 Å². The molecule has 2 aromatic rings. The summed E-state index contributed by atoms with van der Waals surface area (Å²) in [5.41, 5.74) is 10.6. The Bertz CT molecular complexity index is 542. The number of nitrogens with one attached hydrogen (secondary N) is 1. The Hall–Kier alpha value is -1.81. The number of aromatic amines is 1. The molecule has 0 aliphatic carbocycles. The van der Waals surface area contributed by atoms with E-state index < -0.39 is 0 Å².